The number of nitrogens with zero attached hydrogens (tertiary/aromatic N) is 3. The van der Waals surface area contributed by atoms with E-state index in [-0.39, 0.29) is 5.75 Å². The van der Waals surface area contributed by atoms with E-state index in [0.717, 1.165) is 28.4 Å². The molecule has 19 heavy (non-hydrogen) atoms. The lowest BCUT2D eigenvalue weighted by Crippen LogP contribution is -2.12. The zero-order valence-electron chi connectivity index (χ0n) is 9.66. The third-order valence-electron chi connectivity index (χ3n) is 2.41. The number of hydrogen-bond acceptors (Lipinski definition) is 6. The minimum atomic E-state index is -0.427. The van der Waals surface area contributed by atoms with Crippen LogP contribution in [0.2, 0.25) is 0 Å². The molecule has 0 bridgehead atoms. The Morgan fingerprint density at radius 3 is 3.16 bits per heavy atom. The van der Waals surface area contributed by atoms with E-state index >= 15 is 0 Å². The highest BCUT2D eigenvalue weighted by molar-refractivity contribution is 7.99. The third-order valence-corrected chi connectivity index (χ3v) is 3.25. The molecule has 0 radical (unpaired) electrons. The van der Waals surface area contributed by atoms with Crippen molar-refractivity contribution >= 4 is 28.7 Å². The number of imidazole rings is 1. The van der Waals surface area contributed by atoms with Crippen molar-refractivity contribution < 1.29 is 9.21 Å². The first-order chi connectivity index (χ1) is 9.22. The van der Waals surface area contributed by atoms with Gasteiger partial charge in [0.15, 0.2) is 0 Å². The van der Waals surface area contributed by atoms with Gasteiger partial charge < -0.3 is 15.1 Å². The van der Waals surface area contributed by atoms with E-state index in [2.05, 4.69) is 20.2 Å². The molecule has 0 aliphatic heterocycles. The molecule has 0 atom stereocenters. The van der Waals surface area contributed by atoms with E-state index in [0.29, 0.717) is 11.1 Å². The molecule has 0 saturated heterocycles. The van der Waals surface area contributed by atoms with Crippen LogP contribution in [0.15, 0.2) is 34.2 Å². The second-order valence-corrected chi connectivity index (χ2v) is 4.69. The van der Waals surface area contributed by atoms with E-state index in [1.807, 2.05) is 18.2 Å². The maximum Gasteiger partial charge on any atom is 0.277 e. The van der Waals surface area contributed by atoms with Crippen molar-refractivity contribution in [2.45, 2.75) is 5.22 Å². The average molecular weight is 275 g/mol. The van der Waals surface area contributed by atoms with Crippen molar-refractivity contribution in [3.63, 3.8) is 0 Å². The number of aromatic nitrogens is 4. The zero-order chi connectivity index (χ0) is 13.2. The Kier molecular flexibility index (Phi) is 2.92. The number of rotatable bonds is 4. The summed E-state index contributed by atoms with van der Waals surface area (Å²) < 4.78 is 5.44. The maximum atomic E-state index is 10.7. The van der Waals surface area contributed by atoms with Crippen molar-refractivity contribution in [3.8, 4) is 11.5 Å². The van der Waals surface area contributed by atoms with Crippen LogP contribution in [-0.2, 0) is 4.79 Å². The fraction of sp³-hybridized carbons (Fsp3) is 0.0909. The van der Waals surface area contributed by atoms with Crippen LogP contribution in [0.5, 0.6) is 0 Å². The van der Waals surface area contributed by atoms with Gasteiger partial charge in [-0.3, -0.25) is 4.79 Å². The van der Waals surface area contributed by atoms with Gasteiger partial charge in [-0.25, -0.2) is 4.98 Å². The van der Waals surface area contributed by atoms with Gasteiger partial charge >= 0.3 is 0 Å². The lowest BCUT2D eigenvalue weighted by Gasteiger charge is -1.94. The maximum absolute atomic E-state index is 10.7. The topological polar surface area (TPSA) is 111 Å². The molecule has 3 aromatic rings. The Morgan fingerprint density at radius 1 is 1.42 bits per heavy atom. The number of primary amides is 1. The smallest absolute Gasteiger partial charge is 0.277 e. The number of nitrogens with one attached hydrogen (secondary N) is 1. The molecule has 0 aliphatic carbocycles. The Morgan fingerprint density at radius 2 is 2.32 bits per heavy atom. The molecule has 96 valence electrons. The summed E-state index contributed by atoms with van der Waals surface area (Å²) in [5, 5.41) is 8.09. The quantitative estimate of drug-likeness (QED) is 0.692. The molecule has 3 N–H and O–H groups in total. The number of fused-ring (bicyclic) bond motifs is 1. The van der Waals surface area contributed by atoms with Crippen molar-refractivity contribution in [1.82, 2.24) is 20.2 Å². The van der Waals surface area contributed by atoms with Crippen molar-refractivity contribution in [1.29, 1.82) is 0 Å². The summed E-state index contributed by atoms with van der Waals surface area (Å²) in [6, 6.07) is 5.58. The molecule has 2 heterocycles. The zero-order valence-corrected chi connectivity index (χ0v) is 10.5. The first kappa shape index (κ1) is 11.7. The first-order valence-electron chi connectivity index (χ1n) is 5.40. The van der Waals surface area contributed by atoms with E-state index < -0.39 is 5.91 Å². The normalized spacial score (nSPS) is 10.9. The number of carbonyl (C=O) groups excluding carboxylic acids is 1. The predicted octanol–water partition coefficient (Wildman–Crippen LogP) is 1.19. The molecule has 1 aromatic carbocycles. The molecule has 2 aromatic heterocycles. The van der Waals surface area contributed by atoms with E-state index in [4.69, 9.17) is 10.2 Å². The van der Waals surface area contributed by atoms with Gasteiger partial charge in [-0.1, -0.05) is 11.8 Å². The first-order valence-corrected chi connectivity index (χ1v) is 6.39. The van der Waals surface area contributed by atoms with Gasteiger partial charge in [0, 0.05) is 5.56 Å². The molecule has 1 amide bonds. The number of amides is 1. The summed E-state index contributed by atoms with van der Waals surface area (Å²) in [5.41, 5.74) is 7.59. The molecule has 3 rings (SSSR count). The highest BCUT2D eigenvalue weighted by atomic mass is 32.2. The summed E-state index contributed by atoms with van der Waals surface area (Å²) in [6.45, 7) is 0. The van der Waals surface area contributed by atoms with Crippen molar-refractivity contribution in [2.75, 3.05) is 5.75 Å². The predicted molar refractivity (Wildman–Crippen MR) is 69.3 cm³/mol. The van der Waals surface area contributed by atoms with Crippen LogP contribution in [0.3, 0.4) is 0 Å². The number of hydrogen-bond donors (Lipinski definition) is 2. The van der Waals surface area contributed by atoms with Crippen LogP contribution >= 0.6 is 11.8 Å². The fourth-order valence-corrected chi connectivity index (χ4v) is 2.09. The second kappa shape index (κ2) is 4.73. The van der Waals surface area contributed by atoms with Gasteiger partial charge in [-0.2, -0.15) is 0 Å². The van der Waals surface area contributed by atoms with E-state index in [1.54, 1.807) is 6.33 Å². The van der Waals surface area contributed by atoms with E-state index in [1.165, 1.54) is 0 Å². The lowest BCUT2D eigenvalue weighted by atomic mass is 10.2. The highest BCUT2D eigenvalue weighted by Gasteiger charge is 2.11. The molecular weight excluding hydrogens is 266 g/mol. The van der Waals surface area contributed by atoms with Gasteiger partial charge in [-0.05, 0) is 18.2 Å². The monoisotopic (exact) mass is 275 g/mol. The molecule has 0 aliphatic rings. The van der Waals surface area contributed by atoms with Gasteiger partial charge in [0.1, 0.15) is 0 Å². The summed E-state index contributed by atoms with van der Waals surface area (Å²) in [4.78, 5) is 17.8. The standard InChI is InChI=1S/C11H9N5O2S/c12-9(17)4-19-11-16-15-10(18-11)6-1-2-7-8(3-6)14-5-13-7/h1-3,5H,4H2,(H2,12,17)(H,13,14). The summed E-state index contributed by atoms with van der Waals surface area (Å²) in [7, 11) is 0. The minimum Gasteiger partial charge on any atom is -0.411 e. The third kappa shape index (κ3) is 2.43. The van der Waals surface area contributed by atoms with Gasteiger partial charge in [-0.15, -0.1) is 10.2 Å². The number of carbonyl (C=O) groups is 1. The molecule has 0 unspecified atom stereocenters. The summed E-state index contributed by atoms with van der Waals surface area (Å²) in [6.07, 6.45) is 1.62. The molecule has 7 nitrogen and oxygen atoms in total. The number of aromatic amines is 1. The molecule has 0 fully saturated rings. The lowest BCUT2D eigenvalue weighted by molar-refractivity contribution is -0.115. The average Bonchev–Trinajstić information content (AvgIpc) is 3.04. The van der Waals surface area contributed by atoms with Crippen LogP contribution in [-0.4, -0.2) is 31.8 Å². The Bertz CT molecular complexity index is 735. The number of H-pyrrole nitrogens is 1. The highest BCUT2D eigenvalue weighted by Crippen LogP contribution is 2.24. The molecular formula is C11H9N5O2S. The van der Waals surface area contributed by atoms with Crippen LogP contribution in [0.25, 0.3) is 22.5 Å². The molecule has 0 spiro atoms. The SMILES string of the molecule is NC(=O)CSc1nnc(-c2ccc3nc[nH]c3c2)o1. The van der Waals surface area contributed by atoms with Crippen LogP contribution in [0.4, 0.5) is 0 Å². The largest absolute Gasteiger partial charge is 0.411 e. The van der Waals surface area contributed by atoms with Gasteiger partial charge in [0.05, 0.1) is 23.1 Å². The number of benzene rings is 1. The second-order valence-electron chi connectivity index (χ2n) is 3.76. The van der Waals surface area contributed by atoms with Crippen LogP contribution in [0.1, 0.15) is 0 Å². The molecule has 0 saturated carbocycles. The fourth-order valence-electron chi connectivity index (χ4n) is 1.59. The van der Waals surface area contributed by atoms with E-state index in [9.17, 15) is 4.79 Å². The number of thioether (sulfide) groups is 1. The van der Waals surface area contributed by atoms with Crippen LogP contribution in [0, 0.1) is 0 Å². The Balaban J connectivity index is 1.86. The Labute approximate surface area is 111 Å². The van der Waals surface area contributed by atoms with Crippen molar-refractivity contribution in [2.24, 2.45) is 5.73 Å². The van der Waals surface area contributed by atoms with Crippen LogP contribution < -0.4 is 5.73 Å². The van der Waals surface area contributed by atoms with Gasteiger partial charge in [0.25, 0.3) is 5.22 Å². The molecule has 8 heteroatoms. The summed E-state index contributed by atoms with van der Waals surface area (Å²) >= 11 is 1.11. The minimum absolute atomic E-state index is 0.112. The number of nitrogens with two attached hydrogens (primary N) is 1. The van der Waals surface area contributed by atoms with Gasteiger partial charge in [0.2, 0.25) is 11.8 Å². The Hall–Kier alpha value is -2.35. The van der Waals surface area contributed by atoms with Crippen molar-refractivity contribution in [3.05, 3.63) is 24.5 Å². The summed E-state index contributed by atoms with van der Waals surface area (Å²) in [5.74, 6) is 0.0772.